The number of amides is 2. The molecule has 0 spiro atoms. The maximum atomic E-state index is 12.8. The first-order valence-corrected chi connectivity index (χ1v) is 12.5. The summed E-state index contributed by atoms with van der Waals surface area (Å²) < 4.78 is 5.63. The Hall–Kier alpha value is -3.35. The Morgan fingerprint density at radius 3 is 2.14 bits per heavy atom. The SMILES string of the molecule is CCC(C)[C@H](NC(=O)OCC1c2ccccc2-c2ccccc21)C(=O)NCCCCCCC(=O)O. The summed E-state index contributed by atoms with van der Waals surface area (Å²) >= 11 is 0. The van der Waals surface area contributed by atoms with Crippen LogP contribution in [0.1, 0.15) is 69.4 Å². The number of nitrogens with one attached hydrogen (secondary N) is 2. The van der Waals surface area contributed by atoms with Crippen LogP contribution in [0.2, 0.25) is 0 Å². The van der Waals surface area contributed by atoms with Crippen LogP contribution < -0.4 is 10.6 Å². The van der Waals surface area contributed by atoms with Crippen LogP contribution in [0.3, 0.4) is 0 Å². The topological polar surface area (TPSA) is 105 Å². The zero-order valence-corrected chi connectivity index (χ0v) is 20.6. The third-order valence-electron chi connectivity index (χ3n) is 6.73. The molecule has 0 bridgehead atoms. The van der Waals surface area contributed by atoms with Crippen molar-refractivity contribution < 1.29 is 24.2 Å². The number of hydrogen-bond acceptors (Lipinski definition) is 4. The van der Waals surface area contributed by atoms with E-state index in [2.05, 4.69) is 34.9 Å². The van der Waals surface area contributed by atoms with E-state index in [1.165, 1.54) is 0 Å². The summed E-state index contributed by atoms with van der Waals surface area (Å²) in [7, 11) is 0. The highest BCUT2D eigenvalue weighted by Gasteiger charge is 2.30. The summed E-state index contributed by atoms with van der Waals surface area (Å²) in [6, 6.07) is 15.6. The highest BCUT2D eigenvalue weighted by atomic mass is 16.5. The van der Waals surface area contributed by atoms with Crippen molar-refractivity contribution in [2.24, 2.45) is 5.92 Å². The third kappa shape index (κ3) is 7.07. The van der Waals surface area contributed by atoms with E-state index in [4.69, 9.17) is 9.84 Å². The molecule has 0 saturated carbocycles. The fraction of sp³-hybridized carbons (Fsp3) is 0.464. The highest BCUT2D eigenvalue weighted by molar-refractivity contribution is 5.86. The Labute approximate surface area is 207 Å². The molecule has 0 heterocycles. The molecule has 0 radical (unpaired) electrons. The summed E-state index contributed by atoms with van der Waals surface area (Å²) in [4.78, 5) is 36.0. The van der Waals surface area contributed by atoms with Gasteiger partial charge in [-0.3, -0.25) is 9.59 Å². The van der Waals surface area contributed by atoms with Crippen molar-refractivity contribution in [2.45, 2.75) is 64.3 Å². The lowest BCUT2D eigenvalue weighted by Crippen LogP contribution is -2.50. The molecule has 1 aliphatic carbocycles. The molecule has 0 aliphatic heterocycles. The van der Waals surface area contributed by atoms with Gasteiger partial charge < -0.3 is 20.5 Å². The number of alkyl carbamates (subject to hydrolysis) is 1. The molecule has 2 amide bonds. The summed E-state index contributed by atoms with van der Waals surface area (Å²) in [5.41, 5.74) is 4.61. The molecular weight excluding hydrogens is 444 g/mol. The largest absolute Gasteiger partial charge is 0.481 e. The Balaban J connectivity index is 1.51. The summed E-state index contributed by atoms with van der Waals surface area (Å²) in [5, 5.41) is 14.4. The molecule has 188 valence electrons. The fourth-order valence-corrected chi connectivity index (χ4v) is 4.55. The van der Waals surface area contributed by atoms with Gasteiger partial charge in [-0.1, -0.05) is 81.6 Å². The molecule has 0 fully saturated rings. The van der Waals surface area contributed by atoms with E-state index in [9.17, 15) is 14.4 Å². The maximum absolute atomic E-state index is 12.8. The summed E-state index contributed by atoms with van der Waals surface area (Å²) in [5.74, 6) is -1.09. The van der Waals surface area contributed by atoms with E-state index in [0.29, 0.717) is 13.0 Å². The zero-order chi connectivity index (χ0) is 25.2. The van der Waals surface area contributed by atoms with Crippen molar-refractivity contribution >= 4 is 18.0 Å². The van der Waals surface area contributed by atoms with Crippen LogP contribution in [0, 0.1) is 5.92 Å². The first-order chi connectivity index (χ1) is 16.9. The minimum Gasteiger partial charge on any atom is -0.481 e. The maximum Gasteiger partial charge on any atom is 0.407 e. The molecular formula is C28H36N2O5. The van der Waals surface area contributed by atoms with Crippen molar-refractivity contribution in [3.63, 3.8) is 0 Å². The van der Waals surface area contributed by atoms with E-state index in [-0.39, 0.29) is 30.8 Å². The zero-order valence-electron chi connectivity index (χ0n) is 20.6. The van der Waals surface area contributed by atoms with Gasteiger partial charge in [-0.15, -0.1) is 0 Å². The van der Waals surface area contributed by atoms with Crippen molar-refractivity contribution in [3.05, 3.63) is 59.7 Å². The molecule has 0 aromatic heterocycles. The first-order valence-electron chi connectivity index (χ1n) is 12.5. The fourth-order valence-electron chi connectivity index (χ4n) is 4.55. The van der Waals surface area contributed by atoms with Crippen LogP contribution in [-0.2, 0) is 14.3 Å². The van der Waals surface area contributed by atoms with Gasteiger partial charge in [-0.25, -0.2) is 4.79 Å². The molecule has 1 unspecified atom stereocenters. The smallest absolute Gasteiger partial charge is 0.407 e. The minimum absolute atomic E-state index is 0.0369. The van der Waals surface area contributed by atoms with Gasteiger partial charge in [-0.2, -0.15) is 0 Å². The molecule has 3 N–H and O–H groups in total. The van der Waals surface area contributed by atoms with Gasteiger partial charge in [0.15, 0.2) is 0 Å². The second-order valence-corrected chi connectivity index (χ2v) is 9.18. The Kier molecular flexibility index (Phi) is 9.70. The number of unbranched alkanes of at least 4 members (excludes halogenated alkanes) is 3. The second-order valence-electron chi connectivity index (χ2n) is 9.18. The molecule has 2 aromatic carbocycles. The minimum atomic E-state index is -0.783. The molecule has 35 heavy (non-hydrogen) atoms. The van der Waals surface area contributed by atoms with Gasteiger partial charge >= 0.3 is 12.1 Å². The number of carboxylic acids is 1. The average Bonchev–Trinajstić information content (AvgIpc) is 3.18. The van der Waals surface area contributed by atoms with Crippen molar-refractivity contribution in [1.82, 2.24) is 10.6 Å². The van der Waals surface area contributed by atoms with E-state index >= 15 is 0 Å². The lowest BCUT2D eigenvalue weighted by Gasteiger charge is -2.24. The molecule has 0 saturated heterocycles. The van der Waals surface area contributed by atoms with E-state index in [1.807, 2.05) is 38.1 Å². The first kappa shape index (κ1) is 26.3. The van der Waals surface area contributed by atoms with Crippen LogP contribution in [0.4, 0.5) is 4.79 Å². The number of carbonyl (C=O) groups is 3. The molecule has 2 aromatic rings. The number of fused-ring (bicyclic) bond motifs is 3. The number of carbonyl (C=O) groups excluding carboxylic acids is 2. The van der Waals surface area contributed by atoms with Gasteiger partial charge in [-0.05, 0) is 41.0 Å². The predicted molar refractivity (Wildman–Crippen MR) is 135 cm³/mol. The van der Waals surface area contributed by atoms with Crippen LogP contribution >= 0.6 is 0 Å². The average molecular weight is 481 g/mol. The number of ether oxygens (including phenoxy) is 1. The predicted octanol–water partition coefficient (Wildman–Crippen LogP) is 5.09. The molecule has 7 nitrogen and oxygen atoms in total. The second kappa shape index (κ2) is 12.9. The lowest BCUT2D eigenvalue weighted by atomic mass is 9.98. The summed E-state index contributed by atoms with van der Waals surface area (Å²) in [6.45, 7) is 4.60. The van der Waals surface area contributed by atoms with Gasteiger partial charge in [0.25, 0.3) is 0 Å². The van der Waals surface area contributed by atoms with Gasteiger partial charge in [0.2, 0.25) is 5.91 Å². The number of aliphatic carboxylic acids is 1. The van der Waals surface area contributed by atoms with Crippen LogP contribution in [0.5, 0.6) is 0 Å². The Bertz CT molecular complexity index is 976. The standard InChI is InChI=1S/C28H36N2O5/c1-3-19(2)26(27(33)29-17-11-5-4-6-16-25(31)32)30-28(34)35-18-24-22-14-9-7-12-20(22)21-13-8-10-15-23(21)24/h7-10,12-15,19,24,26H,3-6,11,16-18H2,1-2H3,(H,29,33)(H,30,34)(H,31,32)/t19?,26-/m0/s1. The van der Waals surface area contributed by atoms with Crippen molar-refractivity contribution in [2.75, 3.05) is 13.2 Å². The molecule has 1 aliphatic rings. The third-order valence-corrected chi connectivity index (χ3v) is 6.73. The van der Waals surface area contributed by atoms with E-state index in [1.54, 1.807) is 0 Å². The van der Waals surface area contributed by atoms with Crippen molar-refractivity contribution in [3.8, 4) is 11.1 Å². The highest BCUT2D eigenvalue weighted by Crippen LogP contribution is 2.44. The van der Waals surface area contributed by atoms with Gasteiger partial charge in [0.05, 0.1) is 0 Å². The molecule has 7 heteroatoms. The summed E-state index contributed by atoms with van der Waals surface area (Å²) in [6.07, 6.45) is 3.38. The van der Waals surface area contributed by atoms with Crippen LogP contribution in [-0.4, -0.2) is 42.3 Å². The molecule has 2 atom stereocenters. The van der Waals surface area contributed by atoms with Crippen LogP contribution in [0.15, 0.2) is 48.5 Å². The normalized spacial score (nSPS) is 13.9. The Morgan fingerprint density at radius 2 is 1.54 bits per heavy atom. The number of hydrogen-bond donors (Lipinski definition) is 3. The van der Waals surface area contributed by atoms with E-state index < -0.39 is 18.1 Å². The Morgan fingerprint density at radius 1 is 0.943 bits per heavy atom. The van der Waals surface area contributed by atoms with Crippen LogP contribution in [0.25, 0.3) is 11.1 Å². The lowest BCUT2D eigenvalue weighted by molar-refractivity contribution is -0.137. The monoisotopic (exact) mass is 480 g/mol. The quantitative estimate of drug-likeness (QED) is 0.346. The number of rotatable bonds is 13. The number of carboxylic acid groups (broad SMARTS) is 1. The van der Waals surface area contributed by atoms with E-state index in [0.717, 1.165) is 47.9 Å². The number of benzene rings is 2. The molecule has 3 rings (SSSR count). The van der Waals surface area contributed by atoms with Gasteiger partial charge in [0.1, 0.15) is 12.6 Å². The van der Waals surface area contributed by atoms with Crippen molar-refractivity contribution in [1.29, 1.82) is 0 Å². The van der Waals surface area contributed by atoms with Gasteiger partial charge in [0, 0.05) is 18.9 Å².